The average molecular weight is 288 g/mol. The highest BCUT2D eigenvalue weighted by molar-refractivity contribution is 7.71. The summed E-state index contributed by atoms with van der Waals surface area (Å²) in [6.45, 7) is 0.522. The minimum absolute atomic E-state index is 0.0350. The molecule has 0 atom stereocenters. The minimum atomic E-state index is -0.0350. The third-order valence-corrected chi connectivity index (χ3v) is 2.88. The zero-order valence-corrected chi connectivity index (χ0v) is 11.8. The first kappa shape index (κ1) is 14.3. The van der Waals surface area contributed by atoms with Gasteiger partial charge in [-0.05, 0) is 30.7 Å². The number of carbonyl (C=O) groups is 1. The predicted molar refractivity (Wildman–Crippen MR) is 81.4 cm³/mol. The fraction of sp³-hybridized carbons (Fsp3) is 0.200. The fourth-order valence-corrected chi connectivity index (χ4v) is 1.78. The molecule has 0 bridgehead atoms. The topological polar surface area (TPSA) is 54.1 Å². The van der Waals surface area contributed by atoms with Crippen LogP contribution in [0.1, 0.15) is 12.8 Å². The normalized spacial score (nSPS) is 10.0. The number of aromatic amines is 1. The number of H-pyrrole nitrogens is 1. The Hall–Kier alpha value is -2.14. The highest BCUT2D eigenvalue weighted by Crippen LogP contribution is 2.09. The maximum Gasteiger partial charge on any atom is 0.224 e. The van der Waals surface area contributed by atoms with Crippen LogP contribution in [-0.2, 0) is 4.79 Å². The van der Waals surface area contributed by atoms with Crippen LogP contribution in [0.25, 0.3) is 0 Å². The Morgan fingerprint density at radius 1 is 1.20 bits per heavy atom. The van der Waals surface area contributed by atoms with E-state index in [0.717, 1.165) is 5.75 Å². The SMILES string of the molecule is O=C(CCCOc1ccccc1)Nc1ccc(=S)[nH]c1. The number of pyridine rings is 1. The van der Waals surface area contributed by atoms with E-state index in [1.54, 1.807) is 18.3 Å². The molecule has 20 heavy (non-hydrogen) atoms. The first-order valence-electron chi connectivity index (χ1n) is 6.40. The molecule has 0 saturated carbocycles. The molecule has 0 radical (unpaired) electrons. The second-order valence-electron chi connectivity index (χ2n) is 4.25. The van der Waals surface area contributed by atoms with Gasteiger partial charge in [0.15, 0.2) is 0 Å². The number of anilines is 1. The number of ether oxygens (including phenoxy) is 1. The van der Waals surface area contributed by atoms with Crippen LogP contribution >= 0.6 is 12.2 Å². The number of rotatable bonds is 6. The number of amides is 1. The first-order chi connectivity index (χ1) is 9.74. The number of aromatic nitrogens is 1. The van der Waals surface area contributed by atoms with Crippen LogP contribution in [0.5, 0.6) is 5.75 Å². The number of benzene rings is 1. The molecule has 0 aliphatic carbocycles. The molecule has 2 aromatic rings. The van der Waals surface area contributed by atoms with Gasteiger partial charge in [-0.3, -0.25) is 4.79 Å². The predicted octanol–water partition coefficient (Wildman–Crippen LogP) is 3.54. The largest absolute Gasteiger partial charge is 0.494 e. The second kappa shape index (κ2) is 7.45. The van der Waals surface area contributed by atoms with Crippen LogP contribution < -0.4 is 10.1 Å². The number of nitrogens with one attached hydrogen (secondary N) is 2. The molecule has 4 nitrogen and oxygen atoms in total. The van der Waals surface area contributed by atoms with E-state index in [1.807, 2.05) is 30.3 Å². The van der Waals surface area contributed by atoms with E-state index in [-0.39, 0.29) is 5.91 Å². The van der Waals surface area contributed by atoms with Gasteiger partial charge in [-0.15, -0.1) is 0 Å². The molecule has 0 unspecified atom stereocenters. The molecule has 2 N–H and O–H groups in total. The molecule has 1 aromatic heterocycles. The highest BCUT2D eigenvalue weighted by Gasteiger charge is 2.02. The van der Waals surface area contributed by atoms with Crippen molar-refractivity contribution in [1.82, 2.24) is 4.98 Å². The van der Waals surface area contributed by atoms with Gasteiger partial charge in [-0.25, -0.2) is 0 Å². The van der Waals surface area contributed by atoms with Crippen molar-refractivity contribution in [2.24, 2.45) is 0 Å². The van der Waals surface area contributed by atoms with Crippen LogP contribution in [0.3, 0.4) is 0 Å². The summed E-state index contributed by atoms with van der Waals surface area (Å²) >= 11 is 4.93. The van der Waals surface area contributed by atoms with Crippen molar-refractivity contribution in [3.8, 4) is 5.75 Å². The van der Waals surface area contributed by atoms with Crippen LogP contribution in [0.4, 0.5) is 5.69 Å². The molecule has 0 aliphatic heterocycles. The monoisotopic (exact) mass is 288 g/mol. The molecule has 0 spiro atoms. The fourth-order valence-electron chi connectivity index (χ4n) is 1.65. The summed E-state index contributed by atoms with van der Waals surface area (Å²) in [7, 11) is 0. The quantitative estimate of drug-likeness (QED) is 0.631. The molecule has 0 aliphatic rings. The van der Waals surface area contributed by atoms with Crippen molar-refractivity contribution >= 4 is 23.8 Å². The molecule has 104 valence electrons. The Morgan fingerprint density at radius 2 is 2.00 bits per heavy atom. The van der Waals surface area contributed by atoms with E-state index >= 15 is 0 Å². The van der Waals surface area contributed by atoms with Crippen LogP contribution in [0.15, 0.2) is 48.7 Å². The minimum Gasteiger partial charge on any atom is -0.494 e. The van der Waals surface area contributed by atoms with Gasteiger partial charge >= 0.3 is 0 Å². The van der Waals surface area contributed by atoms with E-state index in [1.165, 1.54) is 0 Å². The summed E-state index contributed by atoms with van der Waals surface area (Å²) < 4.78 is 6.16. The molecule has 0 fully saturated rings. The number of carbonyl (C=O) groups excluding carboxylic acids is 1. The third-order valence-electron chi connectivity index (χ3n) is 2.63. The molecule has 1 aromatic carbocycles. The molecule has 1 heterocycles. The lowest BCUT2D eigenvalue weighted by Crippen LogP contribution is -2.12. The Balaban J connectivity index is 1.68. The van der Waals surface area contributed by atoms with E-state index in [4.69, 9.17) is 17.0 Å². The van der Waals surface area contributed by atoms with Crippen LogP contribution in [0, 0.1) is 4.64 Å². The van der Waals surface area contributed by atoms with E-state index in [2.05, 4.69) is 10.3 Å². The zero-order valence-electron chi connectivity index (χ0n) is 11.0. The Bertz CT molecular complexity index is 590. The maximum atomic E-state index is 11.7. The van der Waals surface area contributed by atoms with Crippen molar-refractivity contribution in [3.63, 3.8) is 0 Å². The van der Waals surface area contributed by atoms with E-state index in [9.17, 15) is 4.79 Å². The van der Waals surface area contributed by atoms with Gasteiger partial charge in [0, 0.05) is 12.6 Å². The summed E-state index contributed by atoms with van der Waals surface area (Å²) in [5.41, 5.74) is 0.715. The van der Waals surface area contributed by atoms with Crippen LogP contribution in [0.2, 0.25) is 0 Å². The number of hydrogen-bond acceptors (Lipinski definition) is 3. The van der Waals surface area contributed by atoms with Gasteiger partial charge in [-0.2, -0.15) is 0 Å². The smallest absolute Gasteiger partial charge is 0.224 e. The molecular formula is C15H16N2O2S. The Labute approximate surface area is 122 Å². The first-order valence-corrected chi connectivity index (χ1v) is 6.81. The van der Waals surface area contributed by atoms with Gasteiger partial charge in [0.25, 0.3) is 0 Å². The lowest BCUT2D eigenvalue weighted by molar-refractivity contribution is -0.116. The molecule has 0 saturated heterocycles. The average Bonchev–Trinajstić information content (AvgIpc) is 2.47. The molecule has 2 rings (SSSR count). The summed E-state index contributed by atoms with van der Waals surface area (Å²) in [4.78, 5) is 14.6. The third kappa shape index (κ3) is 4.85. The van der Waals surface area contributed by atoms with E-state index < -0.39 is 0 Å². The lowest BCUT2D eigenvalue weighted by atomic mass is 10.3. The van der Waals surface area contributed by atoms with Gasteiger partial charge in [0.2, 0.25) is 5.91 Å². The molecular weight excluding hydrogens is 272 g/mol. The Morgan fingerprint density at radius 3 is 2.70 bits per heavy atom. The maximum absolute atomic E-state index is 11.7. The van der Waals surface area contributed by atoms with E-state index in [0.29, 0.717) is 29.8 Å². The second-order valence-corrected chi connectivity index (χ2v) is 4.69. The summed E-state index contributed by atoms with van der Waals surface area (Å²) in [6, 6.07) is 13.1. The van der Waals surface area contributed by atoms with Crippen molar-refractivity contribution < 1.29 is 9.53 Å². The summed E-state index contributed by atoms with van der Waals surface area (Å²) in [5, 5.41) is 2.80. The van der Waals surface area contributed by atoms with Gasteiger partial charge in [-0.1, -0.05) is 30.4 Å². The standard InChI is InChI=1S/C15H16N2O2S/c18-14(17-12-8-9-15(20)16-11-12)7-4-10-19-13-5-2-1-3-6-13/h1-3,5-6,8-9,11H,4,7,10H2,(H,16,20)(H,17,18). The molecule has 1 amide bonds. The highest BCUT2D eigenvalue weighted by atomic mass is 32.1. The zero-order chi connectivity index (χ0) is 14.2. The van der Waals surface area contributed by atoms with Crippen molar-refractivity contribution in [2.75, 3.05) is 11.9 Å². The van der Waals surface area contributed by atoms with Crippen molar-refractivity contribution in [1.29, 1.82) is 0 Å². The van der Waals surface area contributed by atoms with Gasteiger partial charge in [0.1, 0.15) is 10.4 Å². The summed E-state index contributed by atoms with van der Waals surface area (Å²) in [5.74, 6) is 0.788. The lowest BCUT2D eigenvalue weighted by Gasteiger charge is -2.06. The Kier molecular flexibility index (Phi) is 5.32. The molecule has 5 heteroatoms. The van der Waals surface area contributed by atoms with Crippen molar-refractivity contribution in [3.05, 3.63) is 53.3 Å². The van der Waals surface area contributed by atoms with Crippen LogP contribution in [-0.4, -0.2) is 17.5 Å². The number of para-hydroxylation sites is 1. The summed E-state index contributed by atoms with van der Waals surface area (Å²) in [6.07, 6.45) is 2.77. The van der Waals surface area contributed by atoms with Gasteiger partial charge < -0.3 is 15.0 Å². The van der Waals surface area contributed by atoms with Gasteiger partial charge in [0.05, 0.1) is 12.3 Å². The number of hydrogen-bond donors (Lipinski definition) is 2. The van der Waals surface area contributed by atoms with Crippen molar-refractivity contribution in [2.45, 2.75) is 12.8 Å².